The second-order valence-electron chi connectivity index (χ2n) is 2.06. The average molecular weight is 202 g/mol. The highest BCUT2D eigenvalue weighted by Crippen LogP contribution is 2.19. The standard InChI is InChI=1S/C7H8BrNO/c1-5(10)6-3-2-4-9-7(6)8/h2-5,10H,1H3/t5-/m0/s1. The maximum atomic E-state index is 9.13. The van der Waals surface area contributed by atoms with Crippen molar-refractivity contribution in [1.29, 1.82) is 0 Å². The molecule has 0 aliphatic rings. The number of hydrogen-bond donors (Lipinski definition) is 1. The van der Waals surface area contributed by atoms with Gasteiger partial charge in [0.05, 0.1) is 6.10 Å². The van der Waals surface area contributed by atoms with Crippen LogP contribution in [0.5, 0.6) is 0 Å². The third-order valence-electron chi connectivity index (χ3n) is 1.24. The number of aromatic nitrogens is 1. The van der Waals surface area contributed by atoms with Crippen molar-refractivity contribution in [2.45, 2.75) is 13.0 Å². The zero-order valence-corrected chi connectivity index (χ0v) is 7.17. The Morgan fingerprint density at radius 3 is 2.80 bits per heavy atom. The summed E-state index contributed by atoms with van der Waals surface area (Å²) in [4.78, 5) is 3.96. The zero-order valence-electron chi connectivity index (χ0n) is 5.58. The molecule has 0 fully saturated rings. The van der Waals surface area contributed by atoms with Crippen LogP contribution in [0.4, 0.5) is 0 Å². The van der Waals surface area contributed by atoms with Crippen molar-refractivity contribution in [3.8, 4) is 0 Å². The Labute approximate surface area is 68.0 Å². The van der Waals surface area contributed by atoms with E-state index in [1.807, 2.05) is 6.07 Å². The van der Waals surface area contributed by atoms with E-state index in [0.29, 0.717) is 4.60 Å². The van der Waals surface area contributed by atoms with Crippen LogP contribution in [-0.4, -0.2) is 10.1 Å². The number of halogens is 1. The molecule has 1 N–H and O–H groups in total. The number of aliphatic hydroxyl groups excluding tert-OH is 1. The van der Waals surface area contributed by atoms with Crippen LogP contribution >= 0.6 is 15.9 Å². The van der Waals surface area contributed by atoms with E-state index in [4.69, 9.17) is 5.11 Å². The molecule has 1 atom stereocenters. The minimum Gasteiger partial charge on any atom is -0.389 e. The molecule has 1 aromatic rings. The highest BCUT2D eigenvalue weighted by molar-refractivity contribution is 9.10. The van der Waals surface area contributed by atoms with Gasteiger partial charge in [0.1, 0.15) is 4.60 Å². The molecule has 0 saturated heterocycles. The highest BCUT2D eigenvalue weighted by atomic mass is 79.9. The van der Waals surface area contributed by atoms with Crippen LogP contribution in [0, 0.1) is 0 Å². The van der Waals surface area contributed by atoms with Crippen LogP contribution in [0.1, 0.15) is 18.6 Å². The summed E-state index contributed by atoms with van der Waals surface area (Å²) < 4.78 is 0.713. The first-order chi connectivity index (χ1) is 4.72. The van der Waals surface area contributed by atoms with Crippen LogP contribution in [-0.2, 0) is 0 Å². The van der Waals surface area contributed by atoms with E-state index in [-0.39, 0.29) is 0 Å². The Morgan fingerprint density at radius 1 is 1.70 bits per heavy atom. The molecule has 3 heteroatoms. The molecule has 0 unspecified atom stereocenters. The molecule has 54 valence electrons. The second kappa shape index (κ2) is 3.12. The topological polar surface area (TPSA) is 33.1 Å². The van der Waals surface area contributed by atoms with Gasteiger partial charge in [-0.15, -0.1) is 0 Å². The normalized spacial score (nSPS) is 13.1. The van der Waals surface area contributed by atoms with Crippen molar-refractivity contribution in [2.24, 2.45) is 0 Å². The first-order valence-corrected chi connectivity index (χ1v) is 3.79. The molecule has 2 nitrogen and oxygen atoms in total. The van der Waals surface area contributed by atoms with Crippen molar-refractivity contribution in [1.82, 2.24) is 4.98 Å². The van der Waals surface area contributed by atoms with E-state index < -0.39 is 6.10 Å². The van der Waals surface area contributed by atoms with Crippen LogP contribution < -0.4 is 0 Å². The Hall–Kier alpha value is -0.410. The Balaban J connectivity index is 3.03. The van der Waals surface area contributed by atoms with Gasteiger partial charge in [0.2, 0.25) is 0 Å². The smallest absolute Gasteiger partial charge is 0.111 e. The van der Waals surface area contributed by atoms with E-state index >= 15 is 0 Å². The van der Waals surface area contributed by atoms with Gasteiger partial charge in [-0.05, 0) is 28.9 Å². The van der Waals surface area contributed by atoms with Crippen molar-refractivity contribution >= 4 is 15.9 Å². The zero-order chi connectivity index (χ0) is 7.56. The van der Waals surface area contributed by atoms with Gasteiger partial charge < -0.3 is 5.11 Å². The molecule has 0 amide bonds. The summed E-state index contributed by atoms with van der Waals surface area (Å²) in [5.74, 6) is 0. The minimum absolute atomic E-state index is 0.455. The predicted molar refractivity (Wildman–Crippen MR) is 42.6 cm³/mol. The van der Waals surface area contributed by atoms with Crippen LogP contribution in [0.3, 0.4) is 0 Å². The molecule has 0 aliphatic carbocycles. The molecule has 0 aromatic carbocycles. The van der Waals surface area contributed by atoms with Crippen LogP contribution in [0.15, 0.2) is 22.9 Å². The fourth-order valence-electron chi connectivity index (χ4n) is 0.710. The van der Waals surface area contributed by atoms with Crippen molar-refractivity contribution < 1.29 is 5.11 Å². The van der Waals surface area contributed by atoms with Gasteiger partial charge in [0.25, 0.3) is 0 Å². The molecule has 0 aliphatic heterocycles. The van der Waals surface area contributed by atoms with Crippen molar-refractivity contribution in [2.75, 3.05) is 0 Å². The van der Waals surface area contributed by atoms with Crippen LogP contribution in [0.25, 0.3) is 0 Å². The summed E-state index contributed by atoms with van der Waals surface area (Å²) in [6.07, 6.45) is 1.22. The lowest BCUT2D eigenvalue weighted by molar-refractivity contribution is 0.198. The van der Waals surface area contributed by atoms with Crippen LogP contribution in [0.2, 0.25) is 0 Å². The Morgan fingerprint density at radius 2 is 2.40 bits per heavy atom. The minimum atomic E-state index is -0.455. The van der Waals surface area contributed by atoms with Gasteiger partial charge in [0.15, 0.2) is 0 Å². The number of aliphatic hydroxyl groups is 1. The molecule has 1 aromatic heterocycles. The van der Waals surface area contributed by atoms with Crippen molar-refractivity contribution in [3.63, 3.8) is 0 Å². The molecular formula is C7H8BrNO. The maximum absolute atomic E-state index is 9.13. The van der Waals surface area contributed by atoms with Gasteiger partial charge in [-0.1, -0.05) is 6.07 Å². The van der Waals surface area contributed by atoms with Gasteiger partial charge in [-0.25, -0.2) is 4.98 Å². The van der Waals surface area contributed by atoms with E-state index in [0.717, 1.165) is 5.56 Å². The third-order valence-corrected chi connectivity index (χ3v) is 1.90. The lowest BCUT2D eigenvalue weighted by Crippen LogP contribution is -1.92. The molecule has 1 rings (SSSR count). The molecule has 10 heavy (non-hydrogen) atoms. The summed E-state index contributed by atoms with van der Waals surface area (Å²) in [7, 11) is 0. The lowest BCUT2D eigenvalue weighted by atomic mass is 10.2. The Kier molecular flexibility index (Phi) is 2.40. The molecule has 0 radical (unpaired) electrons. The lowest BCUT2D eigenvalue weighted by Gasteiger charge is -2.04. The summed E-state index contributed by atoms with van der Waals surface area (Å²) in [5.41, 5.74) is 0.822. The molecular weight excluding hydrogens is 194 g/mol. The number of hydrogen-bond acceptors (Lipinski definition) is 2. The van der Waals surface area contributed by atoms with Gasteiger partial charge >= 0.3 is 0 Å². The molecule has 0 spiro atoms. The first kappa shape index (κ1) is 7.69. The molecule has 1 heterocycles. The van der Waals surface area contributed by atoms with Gasteiger partial charge in [-0.3, -0.25) is 0 Å². The summed E-state index contributed by atoms with van der Waals surface area (Å²) in [5, 5.41) is 9.13. The van der Waals surface area contributed by atoms with E-state index in [2.05, 4.69) is 20.9 Å². The van der Waals surface area contributed by atoms with Gasteiger partial charge in [-0.2, -0.15) is 0 Å². The largest absolute Gasteiger partial charge is 0.389 e. The highest BCUT2D eigenvalue weighted by Gasteiger charge is 2.03. The summed E-state index contributed by atoms with van der Waals surface area (Å²) in [6.45, 7) is 1.71. The van der Waals surface area contributed by atoms with Crippen molar-refractivity contribution in [3.05, 3.63) is 28.5 Å². The summed E-state index contributed by atoms with van der Waals surface area (Å²) >= 11 is 3.23. The first-order valence-electron chi connectivity index (χ1n) is 3.00. The maximum Gasteiger partial charge on any atom is 0.111 e. The average Bonchev–Trinajstić information content (AvgIpc) is 1.88. The fourth-order valence-corrected chi connectivity index (χ4v) is 1.29. The SMILES string of the molecule is C[C@H](O)c1cccnc1Br. The number of rotatable bonds is 1. The molecule has 0 saturated carbocycles. The number of pyridine rings is 1. The quantitative estimate of drug-likeness (QED) is 0.705. The Bertz CT molecular complexity index is 225. The van der Waals surface area contributed by atoms with E-state index in [9.17, 15) is 0 Å². The number of nitrogens with zero attached hydrogens (tertiary/aromatic N) is 1. The van der Waals surface area contributed by atoms with E-state index in [1.54, 1.807) is 19.2 Å². The van der Waals surface area contributed by atoms with Gasteiger partial charge in [0, 0.05) is 11.8 Å². The van der Waals surface area contributed by atoms with E-state index in [1.165, 1.54) is 0 Å². The molecule has 0 bridgehead atoms. The second-order valence-corrected chi connectivity index (χ2v) is 2.81. The monoisotopic (exact) mass is 201 g/mol. The predicted octanol–water partition coefficient (Wildman–Crippen LogP) is 1.90. The fraction of sp³-hybridized carbons (Fsp3) is 0.286. The summed E-state index contributed by atoms with van der Waals surface area (Å²) in [6, 6.07) is 3.63. The third kappa shape index (κ3) is 1.55.